The lowest BCUT2D eigenvalue weighted by Crippen LogP contribution is -2.22. The summed E-state index contributed by atoms with van der Waals surface area (Å²) in [7, 11) is 0. The minimum absolute atomic E-state index is 0.244. The van der Waals surface area contributed by atoms with Crippen LogP contribution >= 0.6 is 27.3 Å². The smallest absolute Gasteiger partial charge is 0.0686 e. The van der Waals surface area contributed by atoms with Gasteiger partial charge in [-0.15, -0.1) is 11.3 Å². The summed E-state index contributed by atoms with van der Waals surface area (Å²) in [6.07, 6.45) is 4.97. The lowest BCUT2D eigenvalue weighted by molar-refractivity contribution is 0.604. The van der Waals surface area contributed by atoms with Crippen LogP contribution in [0, 0.1) is 6.92 Å². The molecular weight excluding hydrogens is 308 g/mol. The van der Waals surface area contributed by atoms with Crippen LogP contribution < -0.4 is 5.32 Å². The van der Waals surface area contributed by atoms with Crippen molar-refractivity contribution < 1.29 is 0 Å². The molecule has 1 atom stereocenters. The molecule has 0 aliphatic heterocycles. The highest BCUT2D eigenvalue weighted by atomic mass is 79.9. The van der Waals surface area contributed by atoms with Crippen LogP contribution in [0.1, 0.15) is 35.4 Å². The van der Waals surface area contributed by atoms with Crippen molar-refractivity contribution in [2.75, 3.05) is 6.54 Å². The number of pyridine rings is 1. The maximum Gasteiger partial charge on any atom is 0.0686 e. The van der Waals surface area contributed by atoms with E-state index in [9.17, 15) is 0 Å². The van der Waals surface area contributed by atoms with Gasteiger partial charge in [0.2, 0.25) is 0 Å². The van der Waals surface area contributed by atoms with Gasteiger partial charge in [-0.2, -0.15) is 0 Å². The molecule has 1 N–H and O–H groups in total. The number of rotatable bonds is 5. The molecule has 0 radical (unpaired) electrons. The second kappa shape index (κ2) is 6.45. The normalized spacial score (nSPS) is 12.6. The Labute approximate surface area is 121 Å². The Morgan fingerprint density at radius 3 is 2.83 bits per heavy atom. The summed E-state index contributed by atoms with van der Waals surface area (Å²) in [5.74, 6) is 0. The Morgan fingerprint density at radius 2 is 2.22 bits per heavy atom. The number of aryl methyl sites for hydroxylation is 1. The molecule has 96 valence electrons. The minimum Gasteiger partial charge on any atom is -0.306 e. The zero-order valence-corrected chi connectivity index (χ0v) is 13.0. The molecule has 2 aromatic heterocycles. The Hall–Kier alpha value is -0.710. The average Bonchev–Trinajstić information content (AvgIpc) is 2.76. The molecule has 0 aliphatic rings. The predicted molar refractivity (Wildman–Crippen MR) is 81.1 cm³/mol. The van der Waals surface area contributed by atoms with Gasteiger partial charge in [-0.3, -0.25) is 4.98 Å². The van der Waals surface area contributed by atoms with Gasteiger partial charge in [0.05, 0.1) is 6.04 Å². The van der Waals surface area contributed by atoms with Gasteiger partial charge in [-0.1, -0.05) is 13.0 Å². The highest BCUT2D eigenvalue weighted by molar-refractivity contribution is 9.10. The summed E-state index contributed by atoms with van der Waals surface area (Å²) in [5, 5.41) is 5.72. The van der Waals surface area contributed by atoms with E-state index in [4.69, 9.17) is 0 Å². The minimum atomic E-state index is 0.244. The van der Waals surface area contributed by atoms with Crippen molar-refractivity contribution in [1.82, 2.24) is 10.3 Å². The van der Waals surface area contributed by atoms with Gasteiger partial charge in [0.15, 0.2) is 0 Å². The van der Waals surface area contributed by atoms with Crippen LogP contribution in [0.15, 0.2) is 34.4 Å². The molecule has 2 aromatic rings. The average molecular weight is 325 g/mol. The van der Waals surface area contributed by atoms with Crippen LogP contribution in [0.4, 0.5) is 0 Å². The molecule has 0 fully saturated rings. The summed E-state index contributed by atoms with van der Waals surface area (Å²) in [5.41, 5.74) is 2.43. The second-order valence-corrected chi connectivity index (χ2v) is 6.21. The fourth-order valence-corrected chi connectivity index (χ4v) is 3.43. The zero-order chi connectivity index (χ0) is 13.0. The lowest BCUT2D eigenvalue weighted by Gasteiger charge is -2.17. The molecule has 2 nitrogen and oxygen atoms in total. The SMILES string of the molecule is CCCNC(c1cncc(C)c1)c1cc(Br)cs1. The molecule has 4 heteroatoms. The Balaban J connectivity index is 2.30. The standard InChI is InChI=1S/C14H17BrN2S/c1-3-4-17-14(13-6-12(15)9-18-13)11-5-10(2)7-16-8-11/h5-9,14,17H,3-4H2,1-2H3. The third kappa shape index (κ3) is 3.40. The van der Waals surface area contributed by atoms with Gasteiger partial charge < -0.3 is 5.32 Å². The van der Waals surface area contributed by atoms with Crippen LogP contribution in [0.25, 0.3) is 0 Å². The van der Waals surface area contributed by atoms with Crippen molar-refractivity contribution in [1.29, 1.82) is 0 Å². The first-order valence-electron chi connectivity index (χ1n) is 6.09. The summed E-state index contributed by atoms with van der Waals surface area (Å²) < 4.78 is 1.14. The van der Waals surface area contributed by atoms with Crippen LogP contribution in [0.3, 0.4) is 0 Å². The van der Waals surface area contributed by atoms with E-state index in [1.54, 1.807) is 11.3 Å². The number of hydrogen-bond acceptors (Lipinski definition) is 3. The summed E-state index contributed by atoms with van der Waals surface area (Å²) in [6.45, 7) is 5.27. The fourth-order valence-electron chi connectivity index (χ4n) is 1.89. The van der Waals surface area contributed by atoms with Crippen molar-refractivity contribution in [3.63, 3.8) is 0 Å². The van der Waals surface area contributed by atoms with Gasteiger partial charge in [0.25, 0.3) is 0 Å². The van der Waals surface area contributed by atoms with Crippen LogP contribution in [0.5, 0.6) is 0 Å². The number of halogens is 1. The van der Waals surface area contributed by atoms with E-state index in [0.29, 0.717) is 0 Å². The molecule has 0 bridgehead atoms. The Morgan fingerprint density at radius 1 is 1.39 bits per heavy atom. The summed E-state index contributed by atoms with van der Waals surface area (Å²) in [4.78, 5) is 5.62. The van der Waals surface area contributed by atoms with Crippen molar-refractivity contribution >= 4 is 27.3 Å². The Bertz CT molecular complexity index is 510. The quantitative estimate of drug-likeness (QED) is 0.886. The van der Waals surface area contributed by atoms with E-state index >= 15 is 0 Å². The highest BCUT2D eigenvalue weighted by Crippen LogP contribution is 2.30. The molecule has 18 heavy (non-hydrogen) atoms. The van der Waals surface area contributed by atoms with Crippen molar-refractivity contribution in [2.45, 2.75) is 26.3 Å². The molecule has 2 heterocycles. The number of nitrogens with zero attached hydrogens (tertiary/aromatic N) is 1. The first-order valence-corrected chi connectivity index (χ1v) is 7.77. The van der Waals surface area contributed by atoms with Crippen molar-refractivity contribution in [2.24, 2.45) is 0 Å². The predicted octanol–water partition coefficient (Wildman–Crippen LogP) is 4.30. The van der Waals surface area contributed by atoms with E-state index in [-0.39, 0.29) is 6.04 Å². The zero-order valence-electron chi connectivity index (χ0n) is 10.6. The summed E-state index contributed by atoms with van der Waals surface area (Å²) in [6, 6.07) is 4.63. The van der Waals surface area contributed by atoms with Gasteiger partial charge in [-0.25, -0.2) is 0 Å². The molecule has 2 rings (SSSR count). The van der Waals surface area contributed by atoms with Gasteiger partial charge in [0, 0.05) is 27.1 Å². The molecule has 0 amide bonds. The van der Waals surface area contributed by atoms with Crippen LogP contribution in [-0.2, 0) is 0 Å². The van der Waals surface area contributed by atoms with Crippen LogP contribution in [-0.4, -0.2) is 11.5 Å². The first-order chi connectivity index (χ1) is 8.70. The number of nitrogens with one attached hydrogen (secondary N) is 1. The third-order valence-corrected chi connectivity index (χ3v) is 4.46. The molecule has 0 aliphatic carbocycles. The maximum absolute atomic E-state index is 4.30. The van der Waals surface area contributed by atoms with E-state index in [0.717, 1.165) is 17.4 Å². The fraction of sp³-hybridized carbons (Fsp3) is 0.357. The molecule has 0 saturated heterocycles. The van der Waals surface area contributed by atoms with Gasteiger partial charge in [-0.05, 0) is 53.0 Å². The molecule has 0 saturated carbocycles. The third-order valence-electron chi connectivity index (χ3n) is 2.70. The van der Waals surface area contributed by atoms with E-state index in [1.807, 2.05) is 12.4 Å². The summed E-state index contributed by atoms with van der Waals surface area (Å²) >= 11 is 5.29. The van der Waals surface area contributed by atoms with E-state index in [1.165, 1.54) is 16.0 Å². The first kappa shape index (κ1) is 13.7. The maximum atomic E-state index is 4.30. The van der Waals surface area contributed by atoms with Crippen molar-refractivity contribution in [3.8, 4) is 0 Å². The van der Waals surface area contributed by atoms with Crippen LogP contribution in [0.2, 0.25) is 0 Å². The highest BCUT2D eigenvalue weighted by Gasteiger charge is 2.15. The van der Waals surface area contributed by atoms with E-state index < -0.39 is 0 Å². The van der Waals surface area contributed by atoms with Crippen molar-refractivity contribution in [3.05, 3.63) is 50.4 Å². The lowest BCUT2D eigenvalue weighted by atomic mass is 10.1. The second-order valence-electron chi connectivity index (χ2n) is 4.35. The molecule has 0 spiro atoms. The van der Waals surface area contributed by atoms with Gasteiger partial charge in [0.1, 0.15) is 0 Å². The number of thiophene rings is 1. The van der Waals surface area contributed by atoms with E-state index in [2.05, 4.69) is 57.6 Å². The molecule has 1 unspecified atom stereocenters. The largest absolute Gasteiger partial charge is 0.306 e. The topological polar surface area (TPSA) is 24.9 Å². The Kier molecular flexibility index (Phi) is 4.92. The monoisotopic (exact) mass is 324 g/mol. The number of aromatic nitrogens is 1. The molecular formula is C14H17BrN2S. The number of hydrogen-bond donors (Lipinski definition) is 1. The van der Waals surface area contributed by atoms with Gasteiger partial charge >= 0.3 is 0 Å². The molecule has 0 aromatic carbocycles.